The SMILES string of the molecule is C[C@@H](Sc1nnc(Cc2cccs2)n1C)C(=O)N(C)c1ccccc1. The molecule has 25 heavy (non-hydrogen) atoms. The van der Waals surface area contributed by atoms with E-state index in [0.29, 0.717) is 0 Å². The van der Waals surface area contributed by atoms with Gasteiger partial charge in [0.2, 0.25) is 5.91 Å². The number of hydrogen-bond donors (Lipinski definition) is 0. The molecule has 7 heteroatoms. The maximum absolute atomic E-state index is 12.7. The average molecular weight is 373 g/mol. The first-order valence-corrected chi connectivity index (χ1v) is 9.72. The molecule has 0 fully saturated rings. The van der Waals surface area contributed by atoms with Crippen LogP contribution < -0.4 is 4.90 Å². The number of para-hydroxylation sites is 1. The number of carbonyl (C=O) groups excluding carboxylic acids is 1. The van der Waals surface area contributed by atoms with Gasteiger partial charge in [-0.1, -0.05) is 36.0 Å². The van der Waals surface area contributed by atoms with Crippen LogP contribution >= 0.6 is 23.1 Å². The Hall–Kier alpha value is -2.12. The molecular formula is C18H20N4OS2. The number of rotatable bonds is 6. The normalized spacial score (nSPS) is 12.1. The van der Waals surface area contributed by atoms with Crippen molar-refractivity contribution in [2.75, 3.05) is 11.9 Å². The second kappa shape index (κ2) is 7.84. The lowest BCUT2D eigenvalue weighted by Crippen LogP contribution is -2.33. The topological polar surface area (TPSA) is 51.0 Å². The molecule has 1 atom stereocenters. The van der Waals surface area contributed by atoms with Gasteiger partial charge in [-0.25, -0.2) is 0 Å². The summed E-state index contributed by atoms with van der Waals surface area (Å²) in [7, 11) is 3.75. The number of benzene rings is 1. The molecule has 0 N–H and O–H groups in total. The summed E-state index contributed by atoms with van der Waals surface area (Å²) in [6, 6.07) is 13.8. The lowest BCUT2D eigenvalue weighted by molar-refractivity contribution is -0.117. The van der Waals surface area contributed by atoms with Gasteiger partial charge in [-0.3, -0.25) is 4.79 Å². The monoisotopic (exact) mass is 372 g/mol. The fraction of sp³-hybridized carbons (Fsp3) is 0.278. The van der Waals surface area contributed by atoms with Crippen LogP contribution in [0.1, 0.15) is 17.6 Å². The van der Waals surface area contributed by atoms with Gasteiger partial charge < -0.3 is 9.47 Å². The van der Waals surface area contributed by atoms with Crippen LogP contribution in [0.3, 0.4) is 0 Å². The number of amides is 1. The van der Waals surface area contributed by atoms with E-state index < -0.39 is 0 Å². The first-order valence-electron chi connectivity index (χ1n) is 7.96. The third-order valence-electron chi connectivity index (χ3n) is 3.94. The number of anilines is 1. The molecular weight excluding hydrogens is 352 g/mol. The molecule has 0 saturated carbocycles. The van der Waals surface area contributed by atoms with Crippen LogP contribution in [0.4, 0.5) is 5.69 Å². The number of thioether (sulfide) groups is 1. The van der Waals surface area contributed by atoms with E-state index in [4.69, 9.17) is 0 Å². The molecule has 3 rings (SSSR count). The van der Waals surface area contributed by atoms with Gasteiger partial charge in [0.25, 0.3) is 0 Å². The molecule has 0 aliphatic carbocycles. The zero-order valence-electron chi connectivity index (χ0n) is 14.4. The minimum atomic E-state index is -0.248. The van der Waals surface area contributed by atoms with Crippen molar-refractivity contribution >= 4 is 34.7 Å². The van der Waals surface area contributed by atoms with Crippen LogP contribution in [0, 0.1) is 0 Å². The molecule has 0 aliphatic rings. The van der Waals surface area contributed by atoms with E-state index in [2.05, 4.69) is 21.6 Å². The lowest BCUT2D eigenvalue weighted by atomic mass is 10.3. The fourth-order valence-electron chi connectivity index (χ4n) is 2.43. The second-order valence-corrected chi connectivity index (χ2v) is 8.05. The lowest BCUT2D eigenvalue weighted by Gasteiger charge is -2.20. The van der Waals surface area contributed by atoms with Gasteiger partial charge in [0.15, 0.2) is 5.16 Å². The Morgan fingerprint density at radius 1 is 1.24 bits per heavy atom. The van der Waals surface area contributed by atoms with E-state index >= 15 is 0 Å². The summed E-state index contributed by atoms with van der Waals surface area (Å²) in [5.41, 5.74) is 0.885. The van der Waals surface area contributed by atoms with Gasteiger partial charge in [0.1, 0.15) is 5.82 Å². The molecule has 0 unspecified atom stereocenters. The van der Waals surface area contributed by atoms with Crippen molar-refractivity contribution in [3.05, 3.63) is 58.5 Å². The molecule has 0 bridgehead atoms. The van der Waals surface area contributed by atoms with E-state index in [1.54, 1.807) is 23.3 Å². The Bertz CT molecular complexity index is 830. The third-order valence-corrected chi connectivity index (χ3v) is 5.94. The predicted molar refractivity (Wildman–Crippen MR) is 103 cm³/mol. The summed E-state index contributed by atoms with van der Waals surface area (Å²) >= 11 is 3.14. The van der Waals surface area contributed by atoms with Gasteiger partial charge in [-0.05, 0) is 30.5 Å². The minimum Gasteiger partial charge on any atom is -0.315 e. The molecule has 0 saturated heterocycles. The first kappa shape index (κ1) is 17.7. The van der Waals surface area contributed by atoms with Crippen molar-refractivity contribution in [1.82, 2.24) is 14.8 Å². The van der Waals surface area contributed by atoms with E-state index in [1.165, 1.54) is 16.6 Å². The molecule has 2 aromatic heterocycles. The summed E-state index contributed by atoms with van der Waals surface area (Å²) in [5, 5.41) is 11.1. The molecule has 1 amide bonds. The maximum atomic E-state index is 12.7. The smallest absolute Gasteiger partial charge is 0.240 e. The second-order valence-electron chi connectivity index (χ2n) is 5.71. The summed E-state index contributed by atoms with van der Waals surface area (Å²) < 4.78 is 1.97. The average Bonchev–Trinajstić information content (AvgIpc) is 3.26. The molecule has 2 heterocycles. The van der Waals surface area contributed by atoms with E-state index in [9.17, 15) is 4.79 Å². The van der Waals surface area contributed by atoms with Crippen molar-refractivity contribution in [3.8, 4) is 0 Å². The number of aromatic nitrogens is 3. The summed E-state index contributed by atoms with van der Waals surface area (Å²) in [6.07, 6.45) is 0.758. The van der Waals surface area contributed by atoms with Crippen LogP contribution in [0.2, 0.25) is 0 Å². The maximum Gasteiger partial charge on any atom is 0.240 e. The third kappa shape index (κ3) is 4.11. The van der Waals surface area contributed by atoms with E-state index in [1.807, 2.05) is 54.9 Å². The minimum absolute atomic E-state index is 0.0407. The Balaban J connectivity index is 1.67. The molecule has 130 valence electrons. The van der Waals surface area contributed by atoms with Crippen LogP contribution in [0.15, 0.2) is 53.0 Å². The summed E-state index contributed by atoms with van der Waals surface area (Å²) in [6.45, 7) is 1.90. The zero-order chi connectivity index (χ0) is 17.8. The van der Waals surface area contributed by atoms with Crippen molar-refractivity contribution in [2.24, 2.45) is 7.05 Å². The highest BCUT2D eigenvalue weighted by Gasteiger charge is 2.22. The van der Waals surface area contributed by atoms with Crippen molar-refractivity contribution < 1.29 is 4.79 Å². The molecule has 0 spiro atoms. The fourth-order valence-corrected chi connectivity index (χ4v) is 4.06. The van der Waals surface area contributed by atoms with Crippen molar-refractivity contribution in [3.63, 3.8) is 0 Å². The Morgan fingerprint density at radius 2 is 2.00 bits per heavy atom. The Kier molecular flexibility index (Phi) is 5.55. The molecule has 5 nitrogen and oxygen atoms in total. The number of thiophene rings is 1. The molecule has 1 aromatic carbocycles. The highest BCUT2D eigenvalue weighted by atomic mass is 32.2. The predicted octanol–water partition coefficient (Wildman–Crippen LogP) is 3.61. The van der Waals surface area contributed by atoms with Crippen molar-refractivity contribution in [2.45, 2.75) is 23.8 Å². The summed E-state index contributed by atoms with van der Waals surface area (Å²) in [4.78, 5) is 15.6. The van der Waals surface area contributed by atoms with Crippen LogP contribution in [-0.2, 0) is 18.3 Å². The van der Waals surface area contributed by atoms with Crippen LogP contribution in [0.5, 0.6) is 0 Å². The number of hydrogen-bond acceptors (Lipinski definition) is 5. The van der Waals surface area contributed by atoms with E-state index in [-0.39, 0.29) is 11.2 Å². The highest BCUT2D eigenvalue weighted by molar-refractivity contribution is 8.00. The molecule has 0 aliphatic heterocycles. The van der Waals surface area contributed by atoms with Crippen LogP contribution in [0.25, 0.3) is 0 Å². The van der Waals surface area contributed by atoms with Gasteiger partial charge in [0.05, 0.1) is 5.25 Å². The molecule has 0 radical (unpaired) electrons. The number of nitrogens with zero attached hydrogens (tertiary/aromatic N) is 4. The Morgan fingerprint density at radius 3 is 2.68 bits per heavy atom. The molecule has 3 aromatic rings. The van der Waals surface area contributed by atoms with Crippen molar-refractivity contribution in [1.29, 1.82) is 0 Å². The van der Waals surface area contributed by atoms with Gasteiger partial charge in [0, 0.05) is 31.1 Å². The van der Waals surface area contributed by atoms with Gasteiger partial charge in [-0.2, -0.15) is 0 Å². The Labute approximate surface area is 155 Å². The summed E-state index contributed by atoms with van der Waals surface area (Å²) in [5.74, 6) is 0.944. The quantitative estimate of drug-likeness (QED) is 0.620. The zero-order valence-corrected chi connectivity index (χ0v) is 16.0. The van der Waals surface area contributed by atoms with E-state index in [0.717, 1.165) is 23.1 Å². The first-order chi connectivity index (χ1) is 12.1. The highest BCUT2D eigenvalue weighted by Crippen LogP contribution is 2.25. The largest absolute Gasteiger partial charge is 0.315 e. The van der Waals surface area contributed by atoms with Crippen LogP contribution in [-0.4, -0.2) is 33.0 Å². The van der Waals surface area contributed by atoms with Gasteiger partial charge >= 0.3 is 0 Å². The van der Waals surface area contributed by atoms with Gasteiger partial charge in [-0.15, -0.1) is 21.5 Å². The standard InChI is InChI=1S/C18H20N4OS2/c1-13(17(23)21(2)14-8-5-4-6-9-14)25-18-20-19-16(22(18)3)12-15-10-7-11-24-15/h4-11,13H,12H2,1-3H3/t13-/m1/s1. The number of carbonyl (C=O) groups is 1.